The molecule has 9 atom stereocenters. The Morgan fingerprint density at radius 2 is 1.69 bits per heavy atom. The Morgan fingerprint density at radius 3 is 2.45 bits per heavy atom. The molecule has 4 aliphatic carbocycles. The second kappa shape index (κ2) is 8.05. The molecule has 0 unspecified atom stereocenters. The summed E-state index contributed by atoms with van der Waals surface area (Å²) in [6.07, 6.45) is 15.1. The SMILES string of the molecule is C[C@H](CCCN=C(N)N)[C@H]1CC[C@H]2[C@@H]3CC[C@@H]4C[C@@H](N)CC[C@]4(C)[C@H]3CC[C@]12C. The van der Waals surface area contributed by atoms with Gasteiger partial charge in [0.25, 0.3) is 0 Å². The summed E-state index contributed by atoms with van der Waals surface area (Å²) in [6.45, 7) is 8.61. The minimum Gasteiger partial charge on any atom is -0.370 e. The molecule has 4 rings (SSSR count). The molecule has 0 aromatic rings. The smallest absolute Gasteiger partial charge is 0.185 e. The van der Waals surface area contributed by atoms with Gasteiger partial charge in [-0.1, -0.05) is 20.8 Å². The van der Waals surface area contributed by atoms with Crippen LogP contribution >= 0.6 is 0 Å². The van der Waals surface area contributed by atoms with Crippen molar-refractivity contribution in [2.75, 3.05) is 6.54 Å². The van der Waals surface area contributed by atoms with Gasteiger partial charge in [-0.05, 0) is 117 Å². The van der Waals surface area contributed by atoms with Crippen LogP contribution in [-0.4, -0.2) is 18.5 Å². The van der Waals surface area contributed by atoms with Crippen LogP contribution in [0.1, 0.15) is 91.4 Å². The predicted octanol–water partition coefficient (Wildman–Crippen LogP) is 4.66. The number of rotatable bonds is 5. The molecule has 4 heteroatoms. The molecule has 0 aliphatic heterocycles. The van der Waals surface area contributed by atoms with E-state index in [0.717, 1.165) is 48.5 Å². The predicted molar refractivity (Wildman–Crippen MR) is 122 cm³/mol. The van der Waals surface area contributed by atoms with Crippen molar-refractivity contribution in [3.63, 3.8) is 0 Å². The molecule has 4 fully saturated rings. The zero-order chi connectivity index (χ0) is 20.8. The summed E-state index contributed by atoms with van der Waals surface area (Å²) >= 11 is 0. The van der Waals surface area contributed by atoms with E-state index in [1.807, 2.05) is 0 Å². The minimum absolute atomic E-state index is 0.233. The molecule has 4 aliphatic rings. The number of hydrogen-bond acceptors (Lipinski definition) is 2. The maximum Gasteiger partial charge on any atom is 0.185 e. The van der Waals surface area contributed by atoms with Gasteiger partial charge < -0.3 is 17.2 Å². The third-order valence-corrected chi connectivity index (χ3v) is 10.6. The van der Waals surface area contributed by atoms with E-state index in [1.165, 1.54) is 64.2 Å². The van der Waals surface area contributed by atoms with Crippen molar-refractivity contribution >= 4 is 5.96 Å². The maximum absolute atomic E-state index is 6.37. The molecule has 0 radical (unpaired) electrons. The van der Waals surface area contributed by atoms with Gasteiger partial charge in [0.05, 0.1) is 0 Å². The van der Waals surface area contributed by atoms with Crippen molar-refractivity contribution in [2.45, 2.75) is 97.4 Å². The van der Waals surface area contributed by atoms with Crippen molar-refractivity contribution < 1.29 is 0 Å². The summed E-state index contributed by atoms with van der Waals surface area (Å²) in [4.78, 5) is 4.19. The Kier molecular flexibility index (Phi) is 5.96. The van der Waals surface area contributed by atoms with Gasteiger partial charge in [0.2, 0.25) is 0 Å². The third-order valence-electron chi connectivity index (χ3n) is 10.6. The number of hydrogen-bond donors (Lipinski definition) is 3. The molecular weight excluding hydrogens is 356 g/mol. The molecule has 4 nitrogen and oxygen atoms in total. The van der Waals surface area contributed by atoms with Crippen LogP contribution in [0.15, 0.2) is 4.99 Å². The summed E-state index contributed by atoms with van der Waals surface area (Å²) in [7, 11) is 0. The first kappa shape index (κ1) is 21.5. The highest BCUT2D eigenvalue weighted by atomic mass is 15.0. The molecule has 0 aromatic carbocycles. The Labute approximate surface area is 178 Å². The Hall–Kier alpha value is -0.770. The van der Waals surface area contributed by atoms with Crippen molar-refractivity contribution in [2.24, 2.45) is 68.5 Å². The number of nitrogens with two attached hydrogens (primary N) is 3. The van der Waals surface area contributed by atoms with Crippen LogP contribution in [0.25, 0.3) is 0 Å². The van der Waals surface area contributed by atoms with E-state index in [2.05, 4.69) is 25.8 Å². The fraction of sp³-hybridized carbons (Fsp3) is 0.960. The van der Waals surface area contributed by atoms with E-state index in [0.29, 0.717) is 16.9 Å². The standard InChI is InChI=1S/C25H46N4/c1-16(5-4-14-29-23(27)28)20-8-9-21-19-7-6-17-15-18(26)10-12-24(17,2)22(19)11-13-25(20,21)3/h16-22H,4-15,26H2,1-3H3,(H4,27,28,29)/t16-,17-,18+,19+,20-,21+,22+,24+,25-/m1/s1. The monoisotopic (exact) mass is 402 g/mol. The van der Waals surface area contributed by atoms with Gasteiger partial charge in [-0.2, -0.15) is 0 Å². The number of fused-ring (bicyclic) bond motifs is 5. The second-order valence-corrected chi connectivity index (χ2v) is 11.8. The van der Waals surface area contributed by atoms with Crippen LogP contribution < -0.4 is 17.2 Å². The van der Waals surface area contributed by atoms with Gasteiger partial charge in [0, 0.05) is 12.6 Å². The van der Waals surface area contributed by atoms with Gasteiger partial charge in [-0.3, -0.25) is 4.99 Å². The highest BCUT2D eigenvalue weighted by Crippen LogP contribution is 2.68. The molecule has 0 saturated heterocycles. The first-order valence-corrected chi connectivity index (χ1v) is 12.6. The van der Waals surface area contributed by atoms with Crippen LogP contribution in [-0.2, 0) is 0 Å². The van der Waals surface area contributed by atoms with Crippen LogP contribution in [0.3, 0.4) is 0 Å². The van der Waals surface area contributed by atoms with Crippen molar-refractivity contribution in [3.8, 4) is 0 Å². The Balaban J connectivity index is 1.44. The quantitative estimate of drug-likeness (QED) is 0.355. The van der Waals surface area contributed by atoms with Crippen molar-refractivity contribution in [3.05, 3.63) is 0 Å². The molecule has 0 heterocycles. The van der Waals surface area contributed by atoms with Crippen LogP contribution in [0, 0.1) is 46.3 Å². The summed E-state index contributed by atoms with van der Waals surface area (Å²) in [5, 5.41) is 0. The first-order valence-electron chi connectivity index (χ1n) is 12.6. The van der Waals surface area contributed by atoms with E-state index >= 15 is 0 Å². The third kappa shape index (κ3) is 3.72. The fourth-order valence-corrected chi connectivity index (χ4v) is 9.09. The Bertz CT molecular complexity index is 614. The number of nitrogens with zero attached hydrogens (tertiary/aromatic N) is 1. The second-order valence-electron chi connectivity index (χ2n) is 11.8. The number of guanidine groups is 1. The molecule has 29 heavy (non-hydrogen) atoms. The molecule has 0 aromatic heterocycles. The van der Waals surface area contributed by atoms with Gasteiger partial charge in [-0.25, -0.2) is 0 Å². The lowest BCUT2D eigenvalue weighted by atomic mass is 9.44. The zero-order valence-electron chi connectivity index (χ0n) is 19.2. The molecule has 4 saturated carbocycles. The van der Waals surface area contributed by atoms with E-state index in [-0.39, 0.29) is 5.96 Å². The van der Waals surface area contributed by atoms with Crippen molar-refractivity contribution in [1.82, 2.24) is 0 Å². The first-order chi connectivity index (χ1) is 13.8. The van der Waals surface area contributed by atoms with Crippen molar-refractivity contribution in [1.29, 1.82) is 0 Å². The van der Waals surface area contributed by atoms with Crippen LogP contribution in [0.4, 0.5) is 0 Å². The lowest BCUT2D eigenvalue weighted by Gasteiger charge is -2.61. The minimum atomic E-state index is 0.233. The van der Waals surface area contributed by atoms with Gasteiger partial charge in [0.15, 0.2) is 5.96 Å². The summed E-state index contributed by atoms with van der Waals surface area (Å²) < 4.78 is 0. The average molecular weight is 403 g/mol. The normalized spacial score (nSPS) is 47.6. The average Bonchev–Trinajstić information content (AvgIpc) is 3.03. The van der Waals surface area contributed by atoms with Gasteiger partial charge >= 0.3 is 0 Å². The van der Waals surface area contributed by atoms with Gasteiger partial charge in [-0.15, -0.1) is 0 Å². The topological polar surface area (TPSA) is 90.4 Å². The maximum atomic E-state index is 6.37. The van der Waals surface area contributed by atoms with E-state index in [4.69, 9.17) is 17.2 Å². The van der Waals surface area contributed by atoms with Crippen LogP contribution in [0.5, 0.6) is 0 Å². The van der Waals surface area contributed by atoms with E-state index in [1.54, 1.807) is 0 Å². The Morgan fingerprint density at radius 1 is 0.966 bits per heavy atom. The molecule has 0 spiro atoms. The molecule has 0 bridgehead atoms. The molecule has 0 amide bonds. The highest BCUT2D eigenvalue weighted by Gasteiger charge is 2.60. The lowest BCUT2D eigenvalue weighted by Crippen LogP contribution is -2.54. The number of aliphatic imine (C=N–C) groups is 1. The summed E-state index contributed by atoms with van der Waals surface area (Å²) in [5.41, 5.74) is 18.5. The van der Waals surface area contributed by atoms with Gasteiger partial charge in [0.1, 0.15) is 0 Å². The summed E-state index contributed by atoms with van der Waals surface area (Å²) in [5.74, 6) is 5.69. The fourth-order valence-electron chi connectivity index (χ4n) is 9.09. The summed E-state index contributed by atoms with van der Waals surface area (Å²) in [6, 6.07) is 0.467. The zero-order valence-corrected chi connectivity index (χ0v) is 19.2. The van der Waals surface area contributed by atoms with E-state index in [9.17, 15) is 0 Å². The molecule has 166 valence electrons. The lowest BCUT2D eigenvalue weighted by molar-refractivity contribution is -0.116. The molecular formula is C25H46N4. The van der Waals surface area contributed by atoms with E-state index < -0.39 is 0 Å². The molecule has 6 N–H and O–H groups in total. The highest BCUT2D eigenvalue weighted by molar-refractivity contribution is 5.75. The van der Waals surface area contributed by atoms with Crippen LogP contribution in [0.2, 0.25) is 0 Å². The largest absolute Gasteiger partial charge is 0.370 e.